The van der Waals surface area contributed by atoms with Gasteiger partial charge in [-0.1, -0.05) is 22.9 Å². The maximum absolute atomic E-state index is 13.8. The van der Waals surface area contributed by atoms with Gasteiger partial charge in [0.05, 0.1) is 5.69 Å². The molecular formula is C17H19BrFN3O3. The third-order valence-electron chi connectivity index (χ3n) is 4.88. The van der Waals surface area contributed by atoms with E-state index in [0.717, 1.165) is 17.7 Å². The number of urea groups is 1. The SMILES string of the molecule is CC1CCC2(CC1)NC(=O)N(CC(=O)Nc1ccc(Br)cc1F)C2=O. The van der Waals surface area contributed by atoms with Gasteiger partial charge in [-0.25, -0.2) is 9.18 Å². The van der Waals surface area contributed by atoms with E-state index in [1.807, 2.05) is 0 Å². The first-order valence-electron chi connectivity index (χ1n) is 8.20. The quantitative estimate of drug-likeness (QED) is 0.750. The zero-order valence-corrected chi connectivity index (χ0v) is 15.4. The summed E-state index contributed by atoms with van der Waals surface area (Å²) >= 11 is 3.14. The summed E-state index contributed by atoms with van der Waals surface area (Å²) in [5.41, 5.74) is -0.881. The Morgan fingerprint density at radius 1 is 1.40 bits per heavy atom. The Kier molecular flexibility index (Phi) is 4.81. The Hall–Kier alpha value is -1.96. The fourth-order valence-electron chi connectivity index (χ4n) is 3.34. The molecule has 1 saturated carbocycles. The molecule has 2 fully saturated rings. The van der Waals surface area contributed by atoms with Crippen molar-refractivity contribution in [3.05, 3.63) is 28.5 Å². The smallest absolute Gasteiger partial charge is 0.323 e. The second-order valence-electron chi connectivity index (χ2n) is 6.76. The minimum atomic E-state index is -0.882. The number of carbonyl (C=O) groups excluding carboxylic acids is 3. The molecule has 2 N–H and O–H groups in total. The van der Waals surface area contributed by atoms with Crippen molar-refractivity contribution in [2.24, 2.45) is 5.92 Å². The third kappa shape index (κ3) is 3.53. The van der Waals surface area contributed by atoms with Gasteiger partial charge >= 0.3 is 6.03 Å². The maximum atomic E-state index is 13.8. The number of amides is 4. The summed E-state index contributed by atoms with van der Waals surface area (Å²) in [5.74, 6) is -1.06. The molecule has 0 bridgehead atoms. The molecule has 0 aromatic heterocycles. The van der Waals surface area contributed by atoms with Crippen LogP contribution in [0.1, 0.15) is 32.6 Å². The van der Waals surface area contributed by atoms with Crippen LogP contribution >= 0.6 is 15.9 Å². The van der Waals surface area contributed by atoms with Crippen molar-refractivity contribution >= 4 is 39.5 Å². The molecule has 1 heterocycles. The molecule has 3 rings (SSSR count). The summed E-state index contributed by atoms with van der Waals surface area (Å²) < 4.78 is 14.3. The van der Waals surface area contributed by atoms with Crippen molar-refractivity contribution in [3.8, 4) is 0 Å². The molecule has 0 atom stereocenters. The highest BCUT2D eigenvalue weighted by Gasteiger charge is 2.52. The highest BCUT2D eigenvalue weighted by atomic mass is 79.9. The molecule has 2 aliphatic rings. The minimum Gasteiger partial charge on any atom is -0.323 e. The summed E-state index contributed by atoms with van der Waals surface area (Å²) in [7, 11) is 0. The second-order valence-corrected chi connectivity index (χ2v) is 7.67. The zero-order valence-electron chi connectivity index (χ0n) is 13.8. The highest BCUT2D eigenvalue weighted by Crippen LogP contribution is 2.36. The van der Waals surface area contributed by atoms with Crippen LogP contribution in [0.4, 0.5) is 14.9 Å². The van der Waals surface area contributed by atoms with Crippen molar-refractivity contribution in [1.82, 2.24) is 10.2 Å². The van der Waals surface area contributed by atoms with Gasteiger partial charge in [0.25, 0.3) is 5.91 Å². The largest absolute Gasteiger partial charge is 0.325 e. The molecule has 8 heteroatoms. The lowest BCUT2D eigenvalue weighted by atomic mass is 9.77. The number of carbonyl (C=O) groups is 3. The molecule has 1 aromatic carbocycles. The molecule has 134 valence electrons. The van der Waals surface area contributed by atoms with Crippen LogP contribution in [0.2, 0.25) is 0 Å². The Labute approximate surface area is 153 Å². The van der Waals surface area contributed by atoms with E-state index in [1.54, 1.807) is 6.07 Å². The molecule has 1 aliphatic heterocycles. The van der Waals surface area contributed by atoms with Crippen molar-refractivity contribution in [2.45, 2.75) is 38.1 Å². The summed E-state index contributed by atoms with van der Waals surface area (Å²) in [6, 6.07) is 3.66. The molecule has 0 radical (unpaired) electrons. The number of hydrogen-bond acceptors (Lipinski definition) is 3. The molecule has 1 spiro atoms. The summed E-state index contributed by atoms with van der Waals surface area (Å²) in [5, 5.41) is 5.15. The van der Waals surface area contributed by atoms with Crippen LogP contribution in [0.15, 0.2) is 22.7 Å². The molecule has 25 heavy (non-hydrogen) atoms. The molecule has 0 unspecified atom stereocenters. The Bertz CT molecular complexity index is 732. The van der Waals surface area contributed by atoms with Crippen LogP contribution in [0, 0.1) is 11.7 Å². The number of halogens is 2. The molecule has 4 amide bonds. The lowest BCUT2D eigenvalue weighted by Gasteiger charge is -2.33. The number of nitrogens with zero attached hydrogens (tertiary/aromatic N) is 1. The van der Waals surface area contributed by atoms with Crippen LogP contribution in [0.3, 0.4) is 0 Å². The monoisotopic (exact) mass is 411 g/mol. The zero-order chi connectivity index (χ0) is 18.2. The van der Waals surface area contributed by atoms with Gasteiger partial charge in [-0.15, -0.1) is 0 Å². The van der Waals surface area contributed by atoms with Gasteiger partial charge in [0, 0.05) is 4.47 Å². The summed E-state index contributed by atoms with van der Waals surface area (Å²) in [6.07, 6.45) is 2.88. The van der Waals surface area contributed by atoms with Gasteiger partial charge in [0.15, 0.2) is 0 Å². The predicted molar refractivity (Wildman–Crippen MR) is 93.3 cm³/mol. The van der Waals surface area contributed by atoms with Crippen LogP contribution in [0.25, 0.3) is 0 Å². The molecular weight excluding hydrogens is 393 g/mol. The van der Waals surface area contributed by atoms with Crippen LogP contribution in [-0.4, -0.2) is 34.8 Å². The van der Waals surface area contributed by atoms with E-state index in [2.05, 4.69) is 33.5 Å². The average molecular weight is 412 g/mol. The van der Waals surface area contributed by atoms with Crippen molar-refractivity contribution in [3.63, 3.8) is 0 Å². The number of rotatable bonds is 3. The fraction of sp³-hybridized carbons (Fsp3) is 0.471. The number of nitrogens with one attached hydrogen (secondary N) is 2. The number of benzene rings is 1. The van der Waals surface area contributed by atoms with Gasteiger partial charge in [-0.3, -0.25) is 14.5 Å². The lowest BCUT2D eigenvalue weighted by Crippen LogP contribution is -2.49. The van der Waals surface area contributed by atoms with Crippen molar-refractivity contribution in [1.29, 1.82) is 0 Å². The van der Waals surface area contributed by atoms with Gasteiger partial charge in [0.2, 0.25) is 5.91 Å². The fourth-order valence-corrected chi connectivity index (χ4v) is 3.67. The summed E-state index contributed by atoms with van der Waals surface area (Å²) in [4.78, 5) is 37.9. The minimum absolute atomic E-state index is 0.00135. The topological polar surface area (TPSA) is 78.5 Å². The Morgan fingerprint density at radius 2 is 2.08 bits per heavy atom. The normalized spacial score (nSPS) is 26.0. The summed E-state index contributed by atoms with van der Waals surface area (Å²) in [6.45, 7) is 1.68. The van der Waals surface area contributed by atoms with E-state index in [1.165, 1.54) is 12.1 Å². The standard InChI is InChI=1S/C17H19BrFN3O3/c1-10-4-6-17(7-5-10)15(24)22(16(25)21-17)9-14(23)20-13-3-2-11(18)8-12(13)19/h2-3,8,10H,4-7,9H2,1H3,(H,20,23)(H,21,25). The van der Waals surface area contributed by atoms with Gasteiger partial charge < -0.3 is 10.6 Å². The van der Waals surface area contributed by atoms with Crippen LogP contribution in [-0.2, 0) is 9.59 Å². The molecule has 6 nitrogen and oxygen atoms in total. The average Bonchev–Trinajstić information content (AvgIpc) is 2.78. The van der Waals surface area contributed by atoms with E-state index in [0.29, 0.717) is 23.2 Å². The van der Waals surface area contributed by atoms with E-state index in [9.17, 15) is 18.8 Å². The molecule has 1 aliphatic carbocycles. The number of imide groups is 1. The first-order valence-corrected chi connectivity index (χ1v) is 8.99. The Morgan fingerprint density at radius 3 is 2.72 bits per heavy atom. The Balaban J connectivity index is 1.67. The number of hydrogen-bond donors (Lipinski definition) is 2. The second kappa shape index (κ2) is 6.74. The van der Waals surface area contributed by atoms with E-state index in [4.69, 9.17) is 0 Å². The lowest BCUT2D eigenvalue weighted by molar-refractivity contribution is -0.135. The van der Waals surface area contributed by atoms with Gasteiger partial charge in [-0.2, -0.15) is 0 Å². The van der Waals surface area contributed by atoms with Gasteiger partial charge in [-0.05, 0) is 49.8 Å². The van der Waals surface area contributed by atoms with E-state index < -0.39 is 29.8 Å². The van der Waals surface area contributed by atoms with E-state index in [-0.39, 0.29) is 11.6 Å². The van der Waals surface area contributed by atoms with Crippen molar-refractivity contribution in [2.75, 3.05) is 11.9 Å². The van der Waals surface area contributed by atoms with E-state index >= 15 is 0 Å². The molecule has 1 aromatic rings. The third-order valence-corrected chi connectivity index (χ3v) is 5.37. The van der Waals surface area contributed by atoms with Crippen molar-refractivity contribution < 1.29 is 18.8 Å². The van der Waals surface area contributed by atoms with Crippen LogP contribution < -0.4 is 10.6 Å². The highest BCUT2D eigenvalue weighted by molar-refractivity contribution is 9.10. The maximum Gasteiger partial charge on any atom is 0.325 e. The van der Waals surface area contributed by atoms with Crippen LogP contribution in [0.5, 0.6) is 0 Å². The first kappa shape index (κ1) is 17.8. The molecule has 1 saturated heterocycles. The predicted octanol–water partition coefficient (Wildman–Crippen LogP) is 3.03. The first-order chi connectivity index (χ1) is 11.8. The van der Waals surface area contributed by atoms with Gasteiger partial charge in [0.1, 0.15) is 17.9 Å². The number of anilines is 1.